The van der Waals surface area contributed by atoms with Crippen molar-refractivity contribution in [2.24, 2.45) is 0 Å². The van der Waals surface area contributed by atoms with E-state index in [-0.39, 0.29) is 11.9 Å². The maximum absolute atomic E-state index is 12.9. The molecule has 0 aliphatic carbocycles. The van der Waals surface area contributed by atoms with Gasteiger partial charge in [-0.1, -0.05) is 24.3 Å². The molecule has 1 aliphatic heterocycles. The summed E-state index contributed by atoms with van der Waals surface area (Å²) in [5.74, 6) is -0.111. The molecule has 0 bridgehead atoms. The van der Waals surface area contributed by atoms with E-state index < -0.39 is 11.7 Å². The summed E-state index contributed by atoms with van der Waals surface area (Å²) in [4.78, 5) is 19.1. The average Bonchev–Trinajstić information content (AvgIpc) is 2.84. The zero-order valence-corrected chi connectivity index (χ0v) is 18.9. The van der Waals surface area contributed by atoms with Crippen molar-refractivity contribution in [3.05, 3.63) is 71.9 Å². The predicted molar refractivity (Wildman–Crippen MR) is 128 cm³/mol. The van der Waals surface area contributed by atoms with Crippen LogP contribution in [0.5, 0.6) is 0 Å². The highest BCUT2D eigenvalue weighted by Gasteiger charge is 2.30. The number of halogens is 3. The third-order valence-corrected chi connectivity index (χ3v) is 6.19. The molecule has 0 unspecified atom stereocenters. The maximum atomic E-state index is 12.9. The normalized spacial score (nSPS) is 15.4. The van der Waals surface area contributed by atoms with Gasteiger partial charge in [0.05, 0.1) is 16.6 Å². The second-order valence-corrected chi connectivity index (χ2v) is 8.72. The Morgan fingerprint density at radius 2 is 1.82 bits per heavy atom. The molecule has 1 fully saturated rings. The van der Waals surface area contributed by atoms with Gasteiger partial charge in [-0.25, -0.2) is 0 Å². The third-order valence-electron chi connectivity index (χ3n) is 6.19. The molecular formula is C26H29F3N4O. The first kappa shape index (κ1) is 24.0. The summed E-state index contributed by atoms with van der Waals surface area (Å²) in [6, 6.07) is 15.1. The van der Waals surface area contributed by atoms with E-state index >= 15 is 0 Å². The van der Waals surface area contributed by atoms with E-state index in [0.29, 0.717) is 17.8 Å². The van der Waals surface area contributed by atoms with Crippen LogP contribution < -0.4 is 10.6 Å². The number of nitrogens with one attached hydrogen (secondary N) is 2. The Morgan fingerprint density at radius 1 is 1.03 bits per heavy atom. The number of alkyl halides is 3. The number of carbonyl (C=O) groups is 1. The number of nitrogens with zero attached hydrogens (tertiary/aromatic N) is 2. The quantitative estimate of drug-likeness (QED) is 0.437. The fourth-order valence-corrected chi connectivity index (χ4v) is 4.28. The molecule has 3 aromatic rings. The van der Waals surface area contributed by atoms with Crippen molar-refractivity contribution in [3.63, 3.8) is 0 Å². The van der Waals surface area contributed by atoms with Gasteiger partial charge < -0.3 is 15.5 Å². The van der Waals surface area contributed by atoms with Gasteiger partial charge in [0.15, 0.2) is 0 Å². The lowest BCUT2D eigenvalue weighted by atomic mass is 10.0. The van der Waals surface area contributed by atoms with Crippen molar-refractivity contribution >= 4 is 22.5 Å². The van der Waals surface area contributed by atoms with Gasteiger partial charge in [0.25, 0.3) is 5.91 Å². The molecule has 2 heterocycles. The molecule has 4 rings (SSSR count). The van der Waals surface area contributed by atoms with Crippen LogP contribution in [0.4, 0.5) is 18.9 Å². The monoisotopic (exact) mass is 470 g/mol. The number of aromatic nitrogens is 1. The Balaban J connectivity index is 1.13. The molecule has 5 nitrogen and oxygen atoms in total. The van der Waals surface area contributed by atoms with Gasteiger partial charge in [-0.3, -0.25) is 9.78 Å². The predicted octanol–water partition coefficient (Wildman–Crippen LogP) is 5.34. The van der Waals surface area contributed by atoms with E-state index in [1.807, 2.05) is 30.3 Å². The van der Waals surface area contributed by atoms with Crippen LogP contribution in [0, 0.1) is 0 Å². The summed E-state index contributed by atoms with van der Waals surface area (Å²) in [6.45, 7) is 3.38. The molecule has 1 aromatic heterocycles. The molecule has 180 valence electrons. The lowest BCUT2D eigenvalue weighted by molar-refractivity contribution is -0.137. The van der Waals surface area contributed by atoms with Gasteiger partial charge in [0, 0.05) is 42.9 Å². The lowest BCUT2D eigenvalue weighted by Crippen LogP contribution is -2.39. The van der Waals surface area contributed by atoms with Gasteiger partial charge in [0.2, 0.25) is 0 Å². The number of hydrogen-bond donors (Lipinski definition) is 2. The smallest absolute Gasteiger partial charge is 0.382 e. The van der Waals surface area contributed by atoms with Crippen LogP contribution in [0.25, 0.3) is 10.9 Å². The minimum atomic E-state index is -4.33. The molecule has 2 aromatic carbocycles. The van der Waals surface area contributed by atoms with Gasteiger partial charge in [-0.15, -0.1) is 0 Å². The van der Waals surface area contributed by atoms with Crippen molar-refractivity contribution in [1.29, 1.82) is 0 Å². The molecule has 8 heteroatoms. The van der Waals surface area contributed by atoms with Crippen molar-refractivity contribution in [1.82, 2.24) is 15.2 Å². The fourth-order valence-electron chi connectivity index (χ4n) is 4.28. The number of hydrogen-bond acceptors (Lipinski definition) is 4. The first-order valence-corrected chi connectivity index (χ1v) is 11.7. The third kappa shape index (κ3) is 6.47. The zero-order valence-electron chi connectivity index (χ0n) is 18.9. The van der Waals surface area contributed by atoms with Crippen LogP contribution >= 0.6 is 0 Å². The summed E-state index contributed by atoms with van der Waals surface area (Å²) >= 11 is 0. The summed E-state index contributed by atoms with van der Waals surface area (Å²) in [7, 11) is 0. The molecule has 1 aliphatic rings. The van der Waals surface area contributed by atoms with Gasteiger partial charge in [-0.2, -0.15) is 13.2 Å². The van der Waals surface area contributed by atoms with E-state index in [9.17, 15) is 18.0 Å². The number of para-hydroxylation sites is 1. The van der Waals surface area contributed by atoms with E-state index in [0.717, 1.165) is 62.3 Å². The molecule has 1 saturated heterocycles. The number of carbonyl (C=O) groups excluding carboxylic acids is 1. The van der Waals surface area contributed by atoms with Crippen molar-refractivity contribution in [2.45, 2.75) is 37.9 Å². The highest BCUT2D eigenvalue weighted by molar-refractivity contribution is 5.97. The van der Waals surface area contributed by atoms with Crippen molar-refractivity contribution < 1.29 is 18.0 Å². The lowest BCUT2D eigenvalue weighted by Gasteiger charge is -2.33. The number of amides is 1. The number of pyridine rings is 1. The minimum Gasteiger partial charge on any atom is -0.382 e. The number of benzene rings is 2. The number of unbranched alkanes of at least 4 members (excludes halogenated alkanes) is 1. The molecule has 2 N–H and O–H groups in total. The van der Waals surface area contributed by atoms with Crippen LogP contribution in [0.3, 0.4) is 0 Å². The Bertz CT molecular complexity index is 1110. The summed E-state index contributed by atoms with van der Waals surface area (Å²) in [6.07, 6.45) is 0.920. The Labute approximate surface area is 197 Å². The average molecular weight is 471 g/mol. The van der Waals surface area contributed by atoms with Crippen molar-refractivity contribution in [3.8, 4) is 0 Å². The van der Waals surface area contributed by atoms with Crippen LogP contribution in [0.1, 0.15) is 41.6 Å². The highest BCUT2D eigenvalue weighted by atomic mass is 19.4. The first-order valence-electron chi connectivity index (χ1n) is 11.7. The molecule has 0 saturated carbocycles. The number of rotatable bonds is 8. The summed E-state index contributed by atoms with van der Waals surface area (Å²) < 4.78 is 38.7. The Hall–Kier alpha value is -3.13. The van der Waals surface area contributed by atoms with Gasteiger partial charge >= 0.3 is 6.18 Å². The molecule has 0 atom stereocenters. The van der Waals surface area contributed by atoms with Crippen LogP contribution in [-0.4, -0.2) is 48.0 Å². The van der Waals surface area contributed by atoms with Gasteiger partial charge in [0.1, 0.15) is 0 Å². The maximum Gasteiger partial charge on any atom is 0.416 e. The van der Waals surface area contributed by atoms with E-state index in [1.165, 1.54) is 12.1 Å². The van der Waals surface area contributed by atoms with Crippen LogP contribution in [0.2, 0.25) is 0 Å². The second-order valence-electron chi connectivity index (χ2n) is 8.72. The number of likely N-dealkylation sites (tertiary alicyclic amines) is 1. The largest absolute Gasteiger partial charge is 0.416 e. The summed E-state index contributed by atoms with van der Waals surface area (Å²) in [5.41, 5.74) is 1.33. The topological polar surface area (TPSA) is 57.3 Å². The standard InChI is InChI=1S/C26H29F3N4O/c27-26(28,29)21-7-5-8-23(17-21)32-22-10-14-33(15-11-22)13-4-3-12-30-25(34)20-16-19-6-1-2-9-24(19)31-18-20/h1-2,5-9,16-18,22,32H,3-4,10-15H2,(H,30,34). The molecule has 1 amide bonds. The second kappa shape index (κ2) is 10.9. The van der Waals surface area contributed by atoms with Crippen molar-refractivity contribution in [2.75, 3.05) is 31.5 Å². The number of piperidine rings is 1. The van der Waals surface area contributed by atoms with E-state index in [1.54, 1.807) is 12.3 Å². The van der Waals surface area contributed by atoms with Gasteiger partial charge in [-0.05, 0) is 62.6 Å². The minimum absolute atomic E-state index is 0.111. The number of anilines is 1. The van der Waals surface area contributed by atoms with E-state index in [2.05, 4.69) is 20.5 Å². The fraction of sp³-hybridized carbons (Fsp3) is 0.385. The van der Waals surface area contributed by atoms with E-state index in [4.69, 9.17) is 0 Å². The first-order chi connectivity index (χ1) is 16.4. The molecular weight excluding hydrogens is 441 g/mol. The van der Waals surface area contributed by atoms with Crippen LogP contribution in [-0.2, 0) is 6.18 Å². The number of fused-ring (bicyclic) bond motifs is 1. The summed E-state index contributed by atoms with van der Waals surface area (Å²) in [5, 5.41) is 7.16. The molecule has 34 heavy (non-hydrogen) atoms. The molecule has 0 spiro atoms. The highest BCUT2D eigenvalue weighted by Crippen LogP contribution is 2.31. The Morgan fingerprint density at radius 3 is 2.62 bits per heavy atom. The zero-order chi connectivity index (χ0) is 24.0. The SMILES string of the molecule is O=C(NCCCCN1CCC(Nc2cccc(C(F)(F)F)c2)CC1)c1cnc2ccccc2c1. The molecule has 0 radical (unpaired) electrons. The Kier molecular flexibility index (Phi) is 7.67. The van der Waals surface area contributed by atoms with Crippen LogP contribution in [0.15, 0.2) is 60.8 Å².